The van der Waals surface area contributed by atoms with E-state index in [9.17, 15) is 0 Å². The van der Waals surface area contributed by atoms with Crippen molar-refractivity contribution in [2.24, 2.45) is 0 Å². The second-order valence-electron chi connectivity index (χ2n) is 7.21. The number of pyridine rings is 2. The second-order valence-corrected chi connectivity index (χ2v) is 7.21. The van der Waals surface area contributed by atoms with Crippen LogP contribution in [-0.4, -0.2) is 45.9 Å². The molecular weight excluding hydrogens is 332 g/mol. The van der Waals surface area contributed by atoms with Crippen LogP contribution in [0.3, 0.4) is 0 Å². The summed E-state index contributed by atoms with van der Waals surface area (Å²) >= 11 is 0. The third-order valence-corrected chi connectivity index (χ3v) is 5.17. The van der Waals surface area contributed by atoms with Crippen LogP contribution in [0.4, 0.5) is 0 Å². The van der Waals surface area contributed by atoms with E-state index in [1.165, 1.54) is 28.7 Å². The molecule has 0 bridgehead atoms. The predicted molar refractivity (Wildman–Crippen MR) is 109 cm³/mol. The van der Waals surface area contributed by atoms with Crippen LogP contribution in [-0.2, 0) is 13.1 Å². The molecule has 0 unspecified atom stereocenters. The molecule has 4 nitrogen and oxygen atoms in total. The molecule has 0 radical (unpaired) electrons. The summed E-state index contributed by atoms with van der Waals surface area (Å²) < 4.78 is 0. The van der Waals surface area contributed by atoms with Crippen LogP contribution in [0.25, 0.3) is 11.1 Å². The van der Waals surface area contributed by atoms with E-state index in [4.69, 9.17) is 0 Å². The molecule has 27 heavy (non-hydrogen) atoms. The molecule has 2 aromatic heterocycles. The summed E-state index contributed by atoms with van der Waals surface area (Å²) in [6.45, 7) is 6.57. The van der Waals surface area contributed by atoms with Gasteiger partial charge in [-0.2, -0.15) is 0 Å². The molecule has 0 saturated carbocycles. The van der Waals surface area contributed by atoms with Crippen molar-refractivity contribution in [3.8, 4) is 11.1 Å². The molecule has 1 saturated heterocycles. The standard InChI is InChI=1S/C23H26N4/c1-4-21(16-24-10-1)19-27-13-3-12-26(14-15-27)18-20-6-8-22(9-7-20)23-5-2-11-25-17-23/h1-2,4-11,16-17H,3,12-15,18-19H2. The lowest BCUT2D eigenvalue weighted by Crippen LogP contribution is -2.30. The Morgan fingerprint density at radius 2 is 1.30 bits per heavy atom. The van der Waals surface area contributed by atoms with Crippen molar-refractivity contribution in [1.29, 1.82) is 0 Å². The fraction of sp³-hybridized carbons (Fsp3) is 0.304. The first kappa shape index (κ1) is 17.8. The van der Waals surface area contributed by atoms with Crippen molar-refractivity contribution in [2.75, 3.05) is 26.2 Å². The topological polar surface area (TPSA) is 32.3 Å². The zero-order valence-electron chi connectivity index (χ0n) is 15.7. The van der Waals surface area contributed by atoms with E-state index in [-0.39, 0.29) is 0 Å². The monoisotopic (exact) mass is 358 g/mol. The molecule has 4 rings (SSSR count). The smallest absolute Gasteiger partial charge is 0.0346 e. The highest BCUT2D eigenvalue weighted by molar-refractivity contribution is 5.62. The van der Waals surface area contributed by atoms with Gasteiger partial charge in [0.2, 0.25) is 0 Å². The van der Waals surface area contributed by atoms with Gasteiger partial charge in [-0.25, -0.2) is 0 Å². The minimum atomic E-state index is 1.00. The number of nitrogens with zero attached hydrogens (tertiary/aromatic N) is 4. The molecule has 1 aliphatic rings. The van der Waals surface area contributed by atoms with Gasteiger partial charge in [0.25, 0.3) is 0 Å². The summed E-state index contributed by atoms with van der Waals surface area (Å²) in [5, 5.41) is 0. The third kappa shape index (κ3) is 5.00. The van der Waals surface area contributed by atoms with Crippen LogP contribution in [0.2, 0.25) is 0 Å². The largest absolute Gasteiger partial charge is 0.298 e. The van der Waals surface area contributed by atoms with E-state index in [1.807, 2.05) is 36.9 Å². The molecule has 1 aliphatic heterocycles. The average Bonchev–Trinajstić information content (AvgIpc) is 2.95. The van der Waals surface area contributed by atoms with E-state index in [1.54, 1.807) is 0 Å². The molecule has 3 aromatic rings. The van der Waals surface area contributed by atoms with E-state index in [0.717, 1.165) is 39.3 Å². The maximum absolute atomic E-state index is 4.23. The van der Waals surface area contributed by atoms with E-state index >= 15 is 0 Å². The van der Waals surface area contributed by atoms with E-state index in [2.05, 4.69) is 56.2 Å². The molecule has 138 valence electrons. The van der Waals surface area contributed by atoms with Crippen molar-refractivity contribution in [1.82, 2.24) is 19.8 Å². The summed E-state index contributed by atoms with van der Waals surface area (Å²) in [7, 11) is 0. The van der Waals surface area contributed by atoms with Crippen LogP contribution in [0.1, 0.15) is 17.5 Å². The summed E-state index contributed by atoms with van der Waals surface area (Å²) in [6.07, 6.45) is 8.77. The van der Waals surface area contributed by atoms with E-state index in [0.29, 0.717) is 0 Å². The van der Waals surface area contributed by atoms with Gasteiger partial charge >= 0.3 is 0 Å². The van der Waals surface area contributed by atoms with Crippen LogP contribution in [0.15, 0.2) is 73.3 Å². The Morgan fingerprint density at radius 3 is 1.93 bits per heavy atom. The first-order chi connectivity index (χ1) is 13.4. The molecular formula is C23H26N4. The molecule has 0 aliphatic carbocycles. The molecule has 0 atom stereocenters. The quantitative estimate of drug-likeness (QED) is 0.693. The second kappa shape index (κ2) is 8.89. The Balaban J connectivity index is 1.32. The maximum atomic E-state index is 4.23. The molecule has 1 fully saturated rings. The van der Waals surface area contributed by atoms with Crippen molar-refractivity contribution in [2.45, 2.75) is 19.5 Å². The van der Waals surface area contributed by atoms with Gasteiger partial charge in [-0.05, 0) is 53.9 Å². The highest BCUT2D eigenvalue weighted by Crippen LogP contribution is 2.19. The number of rotatable bonds is 5. The zero-order valence-corrected chi connectivity index (χ0v) is 15.7. The molecule has 0 amide bonds. The highest BCUT2D eigenvalue weighted by Gasteiger charge is 2.15. The van der Waals surface area contributed by atoms with Gasteiger partial charge < -0.3 is 0 Å². The first-order valence-corrected chi connectivity index (χ1v) is 9.70. The number of hydrogen-bond acceptors (Lipinski definition) is 4. The van der Waals surface area contributed by atoms with Crippen LogP contribution < -0.4 is 0 Å². The average molecular weight is 358 g/mol. The van der Waals surface area contributed by atoms with E-state index < -0.39 is 0 Å². The normalized spacial score (nSPS) is 16.1. The number of benzene rings is 1. The van der Waals surface area contributed by atoms with Gasteiger partial charge in [0.15, 0.2) is 0 Å². The lowest BCUT2D eigenvalue weighted by atomic mass is 10.1. The summed E-state index contributed by atoms with van der Waals surface area (Å²) in [5.41, 5.74) is 5.08. The number of aromatic nitrogens is 2. The molecule has 0 spiro atoms. The van der Waals surface area contributed by atoms with Crippen LogP contribution >= 0.6 is 0 Å². The van der Waals surface area contributed by atoms with Crippen LogP contribution in [0.5, 0.6) is 0 Å². The maximum Gasteiger partial charge on any atom is 0.0346 e. The third-order valence-electron chi connectivity index (χ3n) is 5.17. The van der Waals surface area contributed by atoms with Crippen LogP contribution in [0, 0.1) is 0 Å². The summed E-state index contributed by atoms with van der Waals surface area (Å²) in [6, 6.07) is 17.2. The predicted octanol–water partition coefficient (Wildman–Crippen LogP) is 3.85. The lowest BCUT2D eigenvalue weighted by molar-refractivity contribution is 0.247. The summed E-state index contributed by atoms with van der Waals surface area (Å²) in [5.74, 6) is 0. The molecule has 0 N–H and O–H groups in total. The Hall–Kier alpha value is -2.56. The fourth-order valence-electron chi connectivity index (χ4n) is 3.68. The Bertz CT molecular complexity index is 818. The van der Waals surface area contributed by atoms with Gasteiger partial charge in [-0.15, -0.1) is 0 Å². The Labute approximate surface area is 161 Å². The highest BCUT2D eigenvalue weighted by atomic mass is 15.2. The molecule has 1 aromatic carbocycles. The minimum Gasteiger partial charge on any atom is -0.298 e. The fourth-order valence-corrected chi connectivity index (χ4v) is 3.68. The molecule has 4 heteroatoms. The zero-order chi connectivity index (χ0) is 18.3. The number of hydrogen-bond donors (Lipinski definition) is 0. The van der Waals surface area contributed by atoms with Crippen molar-refractivity contribution in [3.05, 3.63) is 84.4 Å². The summed E-state index contributed by atoms with van der Waals surface area (Å²) in [4.78, 5) is 13.6. The Kier molecular flexibility index (Phi) is 5.87. The Morgan fingerprint density at radius 1 is 0.630 bits per heavy atom. The molecule has 3 heterocycles. The van der Waals surface area contributed by atoms with Crippen molar-refractivity contribution < 1.29 is 0 Å². The van der Waals surface area contributed by atoms with Gasteiger partial charge in [-0.3, -0.25) is 19.8 Å². The van der Waals surface area contributed by atoms with Crippen molar-refractivity contribution in [3.63, 3.8) is 0 Å². The lowest BCUT2D eigenvalue weighted by Gasteiger charge is -2.22. The SMILES string of the molecule is c1cncc(CN2CCCN(Cc3ccc(-c4cccnc4)cc3)CC2)c1. The van der Waals surface area contributed by atoms with Crippen molar-refractivity contribution >= 4 is 0 Å². The van der Waals surface area contributed by atoms with Gasteiger partial charge in [0.05, 0.1) is 0 Å². The van der Waals surface area contributed by atoms with Gasteiger partial charge in [-0.1, -0.05) is 36.4 Å². The van der Waals surface area contributed by atoms with Gasteiger partial charge in [0.1, 0.15) is 0 Å². The van der Waals surface area contributed by atoms with Gasteiger partial charge in [0, 0.05) is 51.0 Å². The first-order valence-electron chi connectivity index (χ1n) is 9.70. The minimum absolute atomic E-state index is 1.00.